The van der Waals surface area contributed by atoms with E-state index >= 15 is 0 Å². The third-order valence-corrected chi connectivity index (χ3v) is 4.56. The number of halogens is 2. The predicted octanol–water partition coefficient (Wildman–Crippen LogP) is 2.61. The van der Waals surface area contributed by atoms with Crippen LogP contribution < -0.4 is 16.2 Å². The number of alkyl halides is 2. The molecule has 150 valence electrons. The zero-order valence-corrected chi connectivity index (χ0v) is 16.5. The third-order valence-electron chi connectivity index (χ3n) is 4.23. The van der Waals surface area contributed by atoms with Crippen molar-refractivity contribution in [1.82, 2.24) is 4.98 Å². The van der Waals surface area contributed by atoms with Gasteiger partial charge in [-0.25, -0.2) is 9.59 Å². The number of pyridine rings is 1. The number of aryl methyl sites for hydroxylation is 1. The first-order chi connectivity index (χ1) is 13.2. The number of nitrogen functional groups attached to an aromatic ring is 1. The second kappa shape index (κ2) is 8.99. The number of nitrogens with one attached hydrogen (secondary N) is 1. The lowest BCUT2D eigenvalue weighted by molar-refractivity contribution is 0.0695. The first-order valence-corrected chi connectivity index (χ1v) is 9.30. The smallest absolute Gasteiger partial charge is 0.342 e. The SMILES string of the molecule is Cc1cc(N(CCCl)CCCl)ccc1-c1c(C(=O)O)c(N)[nH]c(=O)c1C(=O)O. The van der Waals surface area contributed by atoms with Crippen LogP contribution in [0.3, 0.4) is 0 Å². The van der Waals surface area contributed by atoms with E-state index in [0.717, 1.165) is 5.69 Å². The molecule has 1 aromatic heterocycles. The Morgan fingerprint density at radius 3 is 2.14 bits per heavy atom. The van der Waals surface area contributed by atoms with Gasteiger partial charge in [-0.3, -0.25) is 4.79 Å². The van der Waals surface area contributed by atoms with E-state index in [-0.39, 0.29) is 11.1 Å². The van der Waals surface area contributed by atoms with Crippen LogP contribution in [0, 0.1) is 6.92 Å². The number of hydrogen-bond donors (Lipinski definition) is 4. The maximum absolute atomic E-state index is 12.2. The molecule has 0 bridgehead atoms. The summed E-state index contributed by atoms with van der Waals surface area (Å²) < 4.78 is 0. The number of anilines is 2. The molecule has 0 aliphatic heterocycles. The standard InChI is InChI=1S/C18H19Cl2N3O5/c1-9-8-10(23(6-4-19)7-5-20)2-3-11(9)12-13(17(25)26)15(21)22-16(24)14(12)18(27)28/h2-3,8H,4-7H2,1H3,(H,25,26)(H,27,28)(H3,21,22,24). The highest BCUT2D eigenvalue weighted by molar-refractivity contribution is 6.18. The number of hydrogen-bond acceptors (Lipinski definition) is 5. The van der Waals surface area contributed by atoms with Gasteiger partial charge in [0.15, 0.2) is 0 Å². The van der Waals surface area contributed by atoms with E-state index in [1.807, 2.05) is 4.90 Å². The van der Waals surface area contributed by atoms with Gasteiger partial charge in [-0.05, 0) is 30.2 Å². The van der Waals surface area contributed by atoms with Crippen molar-refractivity contribution < 1.29 is 19.8 Å². The van der Waals surface area contributed by atoms with Crippen LogP contribution in [-0.2, 0) is 0 Å². The molecule has 0 amide bonds. The fraction of sp³-hybridized carbons (Fsp3) is 0.278. The summed E-state index contributed by atoms with van der Waals surface area (Å²) in [5.41, 5.74) is 4.96. The summed E-state index contributed by atoms with van der Waals surface area (Å²) in [6.07, 6.45) is 0. The number of benzene rings is 1. The lowest BCUT2D eigenvalue weighted by Crippen LogP contribution is -2.27. The Bertz CT molecular complexity index is 968. The molecule has 10 heteroatoms. The van der Waals surface area contributed by atoms with E-state index in [4.69, 9.17) is 28.9 Å². The van der Waals surface area contributed by atoms with Crippen molar-refractivity contribution in [3.8, 4) is 11.1 Å². The minimum atomic E-state index is -1.55. The molecule has 5 N–H and O–H groups in total. The zero-order valence-electron chi connectivity index (χ0n) is 15.0. The van der Waals surface area contributed by atoms with Crippen molar-refractivity contribution in [3.05, 3.63) is 45.2 Å². The fourth-order valence-corrected chi connectivity index (χ4v) is 3.42. The minimum absolute atomic E-state index is 0.230. The Kier molecular flexibility index (Phi) is 6.93. The topological polar surface area (TPSA) is 137 Å². The van der Waals surface area contributed by atoms with Crippen molar-refractivity contribution in [2.24, 2.45) is 0 Å². The number of aromatic nitrogens is 1. The van der Waals surface area contributed by atoms with E-state index in [1.165, 1.54) is 0 Å². The summed E-state index contributed by atoms with van der Waals surface area (Å²) in [5, 5.41) is 19.0. The molecule has 0 unspecified atom stereocenters. The van der Waals surface area contributed by atoms with Gasteiger partial charge < -0.3 is 25.8 Å². The Morgan fingerprint density at radius 1 is 1.11 bits per heavy atom. The van der Waals surface area contributed by atoms with Crippen molar-refractivity contribution in [1.29, 1.82) is 0 Å². The molecule has 0 saturated heterocycles. The summed E-state index contributed by atoms with van der Waals surface area (Å²) in [7, 11) is 0. The van der Waals surface area contributed by atoms with Crippen LogP contribution in [0.4, 0.5) is 11.5 Å². The molecule has 28 heavy (non-hydrogen) atoms. The van der Waals surface area contributed by atoms with Gasteiger partial charge in [0.25, 0.3) is 5.56 Å². The molecule has 8 nitrogen and oxygen atoms in total. The third kappa shape index (κ3) is 4.23. The second-order valence-corrected chi connectivity index (χ2v) is 6.72. The predicted molar refractivity (Wildman–Crippen MR) is 109 cm³/mol. The second-order valence-electron chi connectivity index (χ2n) is 5.97. The van der Waals surface area contributed by atoms with Crippen molar-refractivity contribution in [2.75, 3.05) is 35.5 Å². The average molecular weight is 428 g/mol. The van der Waals surface area contributed by atoms with Crippen LogP contribution in [0.15, 0.2) is 23.0 Å². The molecular weight excluding hydrogens is 409 g/mol. The van der Waals surface area contributed by atoms with Crippen LogP contribution in [-0.4, -0.2) is 52.0 Å². The number of H-pyrrole nitrogens is 1. The summed E-state index contributed by atoms with van der Waals surface area (Å²) in [6.45, 7) is 2.78. The Balaban J connectivity index is 2.76. The first kappa shape index (κ1) is 21.6. The van der Waals surface area contributed by atoms with E-state index < -0.39 is 34.4 Å². The quantitative estimate of drug-likeness (QED) is 0.475. The molecule has 0 saturated carbocycles. The van der Waals surface area contributed by atoms with Crippen LogP contribution in [0.2, 0.25) is 0 Å². The van der Waals surface area contributed by atoms with Crippen LogP contribution in [0.25, 0.3) is 11.1 Å². The number of nitrogens with two attached hydrogens (primary N) is 1. The Hall–Kier alpha value is -2.71. The van der Waals surface area contributed by atoms with Gasteiger partial charge in [0.2, 0.25) is 0 Å². The summed E-state index contributed by atoms with van der Waals surface area (Å²) >= 11 is 11.7. The van der Waals surface area contributed by atoms with Crippen molar-refractivity contribution in [3.63, 3.8) is 0 Å². The number of nitrogens with zero attached hydrogens (tertiary/aromatic N) is 1. The van der Waals surface area contributed by atoms with E-state index in [0.29, 0.717) is 30.4 Å². The Morgan fingerprint density at radius 2 is 1.68 bits per heavy atom. The summed E-state index contributed by atoms with van der Waals surface area (Å²) in [5.74, 6) is -2.64. The zero-order chi connectivity index (χ0) is 21.0. The molecule has 0 spiro atoms. The molecular formula is C18H19Cl2N3O5. The normalized spacial score (nSPS) is 10.7. The van der Waals surface area contributed by atoms with Crippen LogP contribution in [0.5, 0.6) is 0 Å². The lowest BCUT2D eigenvalue weighted by atomic mass is 9.92. The maximum atomic E-state index is 12.2. The van der Waals surface area contributed by atoms with Gasteiger partial charge in [-0.15, -0.1) is 23.2 Å². The highest BCUT2D eigenvalue weighted by atomic mass is 35.5. The minimum Gasteiger partial charge on any atom is -0.478 e. The largest absolute Gasteiger partial charge is 0.478 e. The van der Waals surface area contributed by atoms with Crippen molar-refractivity contribution >= 4 is 46.6 Å². The van der Waals surface area contributed by atoms with E-state index in [1.54, 1.807) is 25.1 Å². The molecule has 1 heterocycles. The van der Waals surface area contributed by atoms with E-state index in [9.17, 15) is 24.6 Å². The molecule has 0 atom stereocenters. The summed E-state index contributed by atoms with van der Waals surface area (Å²) in [6, 6.07) is 5.01. The highest BCUT2D eigenvalue weighted by Gasteiger charge is 2.27. The van der Waals surface area contributed by atoms with Crippen LogP contribution in [0.1, 0.15) is 26.3 Å². The number of rotatable bonds is 8. The molecule has 0 aliphatic rings. The van der Waals surface area contributed by atoms with E-state index in [2.05, 4.69) is 4.98 Å². The molecule has 2 aromatic rings. The fourth-order valence-electron chi connectivity index (χ4n) is 3.02. The highest BCUT2D eigenvalue weighted by Crippen LogP contribution is 2.33. The Labute approximate surface area is 170 Å². The number of aromatic amines is 1. The van der Waals surface area contributed by atoms with Gasteiger partial charge in [0, 0.05) is 36.1 Å². The van der Waals surface area contributed by atoms with Gasteiger partial charge in [-0.2, -0.15) is 0 Å². The van der Waals surface area contributed by atoms with Gasteiger partial charge in [0.05, 0.1) is 0 Å². The van der Waals surface area contributed by atoms with Gasteiger partial charge in [0.1, 0.15) is 16.9 Å². The molecule has 1 aromatic carbocycles. The lowest BCUT2D eigenvalue weighted by Gasteiger charge is -2.24. The monoisotopic (exact) mass is 427 g/mol. The molecule has 0 fully saturated rings. The average Bonchev–Trinajstić information content (AvgIpc) is 2.60. The number of carbonyl (C=O) groups is 2. The molecule has 0 radical (unpaired) electrons. The summed E-state index contributed by atoms with van der Waals surface area (Å²) in [4.78, 5) is 39.6. The number of aromatic carboxylic acids is 2. The van der Waals surface area contributed by atoms with Crippen molar-refractivity contribution in [2.45, 2.75) is 6.92 Å². The first-order valence-electron chi connectivity index (χ1n) is 8.23. The van der Waals surface area contributed by atoms with Crippen LogP contribution >= 0.6 is 23.2 Å². The van der Waals surface area contributed by atoms with Gasteiger partial charge >= 0.3 is 11.9 Å². The van der Waals surface area contributed by atoms with Gasteiger partial charge in [-0.1, -0.05) is 6.07 Å². The maximum Gasteiger partial charge on any atom is 0.342 e. The molecule has 0 aliphatic carbocycles. The molecule has 2 rings (SSSR count). The number of carboxylic acids is 2. The number of carboxylic acid groups (broad SMARTS) is 2.